The third-order valence-corrected chi connectivity index (χ3v) is 4.30. The van der Waals surface area contributed by atoms with E-state index in [1.54, 1.807) is 6.33 Å². The van der Waals surface area contributed by atoms with E-state index in [0.717, 1.165) is 17.2 Å². The molecular formula is C12H15N3S. The predicted molar refractivity (Wildman–Crippen MR) is 68.2 cm³/mol. The van der Waals surface area contributed by atoms with Gasteiger partial charge in [0.25, 0.3) is 0 Å². The van der Waals surface area contributed by atoms with E-state index < -0.39 is 0 Å². The highest BCUT2D eigenvalue weighted by atomic mass is 32.1. The Morgan fingerprint density at radius 2 is 2.19 bits per heavy atom. The zero-order valence-corrected chi connectivity index (χ0v) is 10.2. The van der Waals surface area contributed by atoms with Crippen molar-refractivity contribution in [2.75, 3.05) is 11.9 Å². The minimum atomic E-state index is 0.913. The molecule has 2 aromatic heterocycles. The van der Waals surface area contributed by atoms with Crippen LogP contribution < -0.4 is 5.32 Å². The Labute approximate surface area is 98.9 Å². The average molecular weight is 233 g/mol. The van der Waals surface area contributed by atoms with E-state index in [1.807, 2.05) is 11.3 Å². The van der Waals surface area contributed by atoms with E-state index in [1.165, 1.54) is 41.5 Å². The summed E-state index contributed by atoms with van der Waals surface area (Å²) in [5.41, 5.74) is 1.50. The largest absolute Gasteiger partial charge is 0.370 e. The predicted octanol–water partition coefficient (Wildman–Crippen LogP) is 3.00. The number of rotatable bonds is 2. The molecule has 0 saturated heterocycles. The van der Waals surface area contributed by atoms with E-state index in [0.29, 0.717) is 0 Å². The van der Waals surface area contributed by atoms with Crippen molar-refractivity contribution in [1.82, 2.24) is 9.97 Å². The summed E-state index contributed by atoms with van der Waals surface area (Å²) in [7, 11) is 0. The lowest BCUT2D eigenvalue weighted by molar-refractivity contribution is 0.700. The van der Waals surface area contributed by atoms with Gasteiger partial charge < -0.3 is 5.32 Å². The van der Waals surface area contributed by atoms with Crippen molar-refractivity contribution in [3.63, 3.8) is 0 Å². The molecule has 0 aliphatic heterocycles. The van der Waals surface area contributed by atoms with Gasteiger partial charge in [-0.25, -0.2) is 9.97 Å². The van der Waals surface area contributed by atoms with E-state index in [4.69, 9.17) is 0 Å². The molecule has 0 radical (unpaired) electrons. The molecule has 2 aromatic rings. The summed E-state index contributed by atoms with van der Waals surface area (Å²) in [5, 5.41) is 4.62. The van der Waals surface area contributed by atoms with Crippen molar-refractivity contribution in [3.8, 4) is 0 Å². The number of nitrogens with zero attached hydrogens (tertiary/aromatic N) is 2. The van der Waals surface area contributed by atoms with E-state index >= 15 is 0 Å². The summed E-state index contributed by atoms with van der Waals surface area (Å²) < 4.78 is 0. The fraction of sp³-hybridized carbons (Fsp3) is 0.500. The number of thiophene rings is 1. The van der Waals surface area contributed by atoms with E-state index in [2.05, 4.69) is 22.2 Å². The summed E-state index contributed by atoms with van der Waals surface area (Å²) in [6.45, 7) is 3.02. The minimum Gasteiger partial charge on any atom is -0.370 e. The second-order valence-corrected chi connectivity index (χ2v) is 5.23. The van der Waals surface area contributed by atoms with E-state index in [-0.39, 0.29) is 0 Å². The van der Waals surface area contributed by atoms with E-state index in [9.17, 15) is 0 Å². The van der Waals surface area contributed by atoms with Gasteiger partial charge in [0, 0.05) is 11.4 Å². The standard InChI is InChI=1S/C12H15N3S/c1-2-13-11-10-8-5-3-4-6-9(8)16-12(10)15-7-14-11/h7H,2-6H2,1H3,(H,13,14,15). The lowest BCUT2D eigenvalue weighted by Gasteiger charge is -2.11. The number of fused-ring (bicyclic) bond motifs is 3. The fourth-order valence-corrected chi connectivity index (χ4v) is 3.62. The van der Waals surface area contributed by atoms with Crippen LogP contribution in [0.3, 0.4) is 0 Å². The molecule has 4 heteroatoms. The highest BCUT2D eigenvalue weighted by Gasteiger charge is 2.19. The van der Waals surface area contributed by atoms with Crippen LogP contribution in [-0.4, -0.2) is 16.5 Å². The van der Waals surface area contributed by atoms with Crippen LogP contribution in [0.15, 0.2) is 6.33 Å². The minimum absolute atomic E-state index is 0.913. The average Bonchev–Trinajstić information content (AvgIpc) is 2.68. The van der Waals surface area contributed by atoms with Crippen LogP contribution in [0.1, 0.15) is 30.2 Å². The number of aromatic nitrogens is 2. The Kier molecular flexibility index (Phi) is 2.52. The maximum Gasteiger partial charge on any atom is 0.138 e. The molecule has 0 atom stereocenters. The molecule has 0 bridgehead atoms. The number of aryl methyl sites for hydroxylation is 2. The van der Waals surface area contributed by atoms with Crippen LogP contribution in [-0.2, 0) is 12.8 Å². The molecule has 0 aromatic carbocycles. The lowest BCUT2D eigenvalue weighted by atomic mass is 9.97. The summed E-state index contributed by atoms with van der Waals surface area (Å²) in [6, 6.07) is 0. The second-order valence-electron chi connectivity index (χ2n) is 4.14. The Bertz CT molecular complexity index is 518. The van der Waals surface area contributed by atoms with Gasteiger partial charge in [-0.05, 0) is 38.2 Å². The van der Waals surface area contributed by atoms with Crippen molar-refractivity contribution in [2.24, 2.45) is 0 Å². The van der Waals surface area contributed by atoms with Crippen LogP contribution >= 0.6 is 11.3 Å². The van der Waals surface area contributed by atoms with Gasteiger partial charge in [-0.2, -0.15) is 0 Å². The number of nitrogens with one attached hydrogen (secondary N) is 1. The molecule has 0 saturated carbocycles. The first-order valence-electron chi connectivity index (χ1n) is 5.89. The second kappa shape index (κ2) is 4.01. The van der Waals surface area contributed by atoms with Gasteiger partial charge in [0.2, 0.25) is 0 Å². The van der Waals surface area contributed by atoms with Crippen molar-refractivity contribution >= 4 is 27.4 Å². The van der Waals surface area contributed by atoms with Crippen LogP contribution in [0.4, 0.5) is 5.82 Å². The van der Waals surface area contributed by atoms with Crippen molar-refractivity contribution in [3.05, 3.63) is 16.8 Å². The Morgan fingerprint density at radius 3 is 3.06 bits per heavy atom. The van der Waals surface area contributed by atoms with Crippen molar-refractivity contribution in [1.29, 1.82) is 0 Å². The van der Waals surface area contributed by atoms with Gasteiger partial charge in [-0.15, -0.1) is 11.3 Å². The molecule has 0 fully saturated rings. The maximum atomic E-state index is 4.40. The quantitative estimate of drug-likeness (QED) is 0.866. The number of hydrogen-bond acceptors (Lipinski definition) is 4. The van der Waals surface area contributed by atoms with Crippen LogP contribution in [0.5, 0.6) is 0 Å². The molecule has 16 heavy (non-hydrogen) atoms. The van der Waals surface area contributed by atoms with Gasteiger partial charge in [-0.1, -0.05) is 0 Å². The van der Waals surface area contributed by atoms with Gasteiger partial charge >= 0.3 is 0 Å². The first-order chi connectivity index (χ1) is 7.90. The molecule has 2 heterocycles. The zero-order valence-electron chi connectivity index (χ0n) is 9.42. The zero-order chi connectivity index (χ0) is 11.0. The van der Waals surface area contributed by atoms with Crippen molar-refractivity contribution in [2.45, 2.75) is 32.6 Å². The van der Waals surface area contributed by atoms with Crippen LogP contribution in [0.25, 0.3) is 10.2 Å². The smallest absolute Gasteiger partial charge is 0.138 e. The molecule has 1 N–H and O–H groups in total. The third kappa shape index (κ3) is 1.48. The molecule has 0 unspecified atom stereocenters. The first kappa shape index (κ1) is 10.0. The van der Waals surface area contributed by atoms with Gasteiger partial charge in [-0.3, -0.25) is 0 Å². The van der Waals surface area contributed by atoms with Gasteiger partial charge in [0.05, 0.1) is 5.39 Å². The Hall–Kier alpha value is -1.16. The molecule has 3 rings (SSSR count). The molecule has 0 spiro atoms. The highest BCUT2D eigenvalue weighted by Crippen LogP contribution is 2.37. The fourth-order valence-electron chi connectivity index (χ4n) is 2.39. The summed E-state index contributed by atoms with van der Waals surface area (Å²) in [6.07, 6.45) is 6.72. The van der Waals surface area contributed by atoms with Gasteiger partial charge in [0.15, 0.2) is 0 Å². The normalized spacial score (nSPS) is 15.1. The van der Waals surface area contributed by atoms with Gasteiger partial charge in [0.1, 0.15) is 17.0 Å². The Balaban J connectivity index is 2.23. The van der Waals surface area contributed by atoms with Crippen molar-refractivity contribution < 1.29 is 0 Å². The topological polar surface area (TPSA) is 37.8 Å². The Morgan fingerprint density at radius 1 is 1.31 bits per heavy atom. The monoisotopic (exact) mass is 233 g/mol. The number of hydrogen-bond donors (Lipinski definition) is 1. The molecule has 0 amide bonds. The summed E-state index contributed by atoms with van der Waals surface area (Å²) >= 11 is 1.85. The molecule has 1 aliphatic rings. The summed E-state index contributed by atoms with van der Waals surface area (Å²) in [5.74, 6) is 1.02. The first-order valence-corrected chi connectivity index (χ1v) is 6.71. The molecular weight excluding hydrogens is 218 g/mol. The van der Waals surface area contributed by atoms with Crippen LogP contribution in [0.2, 0.25) is 0 Å². The third-order valence-electron chi connectivity index (χ3n) is 3.10. The molecule has 3 nitrogen and oxygen atoms in total. The van der Waals surface area contributed by atoms with Crippen LogP contribution in [0, 0.1) is 0 Å². The number of anilines is 1. The molecule has 1 aliphatic carbocycles. The SMILES string of the molecule is CCNc1ncnc2sc3c(c12)CCCC3. The molecule has 84 valence electrons. The lowest BCUT2D eigenvalue weighted by Crippen LogP contribution is -2.03. The summed E-state index contributed by atoms with van der Waals surface area (Å²) in [4.78, 5) is 11.4. The maximum absolute atomic E-state index is 4.40. The highest BCUT2D eigenvalue weighted by molar-refractivity contribution is 7.19.